The van der Waals surface area contributed by atoms with Gasteiger partial charge in [0.05, 0.1) is 17.4 Å². The van der Waals surface area contributed by atoms with Crippen LogP contribution in [0.1, 0.15) is 18.9 Å². The van der Waals surface area contributed by atoms with Crippen LogP contribution in [0.25, 0.3) is 11.0 Å². The molecule has 4 nitrogen and oxygen atoms in total. The molecule has 1 amide bonds. The van der Waals surface area contributed by atoms with E-state index in [0.717, 1.165) is 30.5 Å². The SMILES string of the molecule is CCN(CCc1ccccc1)C(=O)CCn1cnc2ccccc21. The average molecular weight is 321 g/mol. The molecule has 124 valence electrons. The van der Waals surface area contributed by atoms with Gasteiger partial charge in [0, 0.05) is 26.1 Å². The van der Waals surface area contributed by atoms with Crippen LogP contribution in [0.5, 0.6) is 0 Å². The predicted octanol–water partition coefficient (Wildman–Crippen LogP) is 3.52. The summed E-state index contributed by atoms with van der Waals surface area (Å²) in [5.74, 6) is 0.200. The molecular weight excluding hydrogens is 298 g/mol. The lowest BCUT2D eigenvalue weighted by atomic mass is 10.1. The molecule has 0 aliphatic heterocycles. The lowest BCUT2D eigenvalue weighted by Crippen LogP contribution is -2.33. The van der Waals surface area contributed by atoms with Crippen molar-refractivity contribution in [2.75, 3.05) is 13.1 Å². The highest BCUT2D eigenvalue weighted by atomic mass is 16.2. The van der Waals surface area contributed by atoms with Gasteiger partial charge in [-0.1, -0.05) is 42.5 Å². The van der Waals surface area contributed by atoms with Crippen LogP contribution < -0.4 is 0 Å². The van der Waals surface area contributed by atoms with Gasteiger partial charge in [0.15, 0.2) is 0 Å². The zero-order chi connectivity index (χ0) is 16.8. The van der Waals surface area contributed by atoms with E-state index >= 15 is 0 Å². The maximum atomic E-state index is 12.5. The zero-order valence-corrected chi connectivity index (χ0v) is 14.1. The lowest BCUT2D eigenvalue weighted by molar-refractivity contribution is -0.131. The van der Waals surface area contributed by atoms with Crippen LogP contribution in [-0.2, 0) is 17.8 Å². The quantitative estimate of drug-likeness (QED) is 0.668. The Kier molecular flexibility index (Phi) is 5.26. The number of rotatable bonds is 7. The minimum absolute atomic E-state index is 0.200. The van der Waals surface area contributed by atoms with Gasteiger partial charge in [0.25, 0.3) is 0 Å². The summed E-state index contributed by atoms with van der Waals surface area (Å²) in [6.07, 6.45) is 3.22. The summed E-state index contributed by atoms with van der Waals surface area (Å²) in [6.45, 7) is 4.22. The first-order valence-electron chi connectivity index (χ1n) is 8.49. The fourth-order valence-electron chi connectivity index (χ4n) is 2.93. The van der Waals surface area contributed by atoms with Crippen molar-refractivity contribution in [1.29, 1.82) is 0 Å². The predicted molar refractivity (Wildman–Crippen MR) is 96.8 cm³/mol. The number of aryl methyl sites for hydroxylation is 1. The third-order valence-corrected chi connectivity index (χ3v) is 4.34. The van der Waals surface area contributed by atoms with Crippen molar-refractivity contribution < 1.29 is 4.79 Å². The maximum absolute atomic E-state index is 12.5. The van der Waals surface area contributed by atoms with Gasteiger partial charge in [-0.05, 0) is 31.0 Å². The van der Waals surface area contributed by atoms with Crippen LogP contribution in [0, 0.1) is 0 Å². The second kappa shape index (κ2) is 7.77. The number of aromatic nitrogens is 2. The van der Waals surface area contributed by atoms with Crippen LogP contribution in [0.15, 0.2) is 60.9 Å². The molecule has 1 aromatic heterocycles. The summed E-state index contributed by atoms with van der Waals surface area (Å²) in [5, 5.41) is 0. The van der Waals surface area contributed by atoms with E-state index in [9.17, 15) is 4.79 Å². The molecule has 0 spiro atoms. The molecule has 0 aliphatic rings. The van der Waals surface area contributed by atoms with E-state index in [1.54, 1.807) is 0 Å². The molecule has 3 rings (SSSR count). The number of carbonyl (C=O) groups is 1. The second-order valence-corrected chi connectivity index (χ2v) is 5.89. The van der Waals surface area contributed by atoms with Crippen molar-refractivity contribution in [3.63, 3.8) is 0 Å². The third-order valence-electron chi connectivity index (χ3n) is 4.34. The Bertz CT molecular complexity index is 795. The zero-order valence-electron chi connectivity index (χ0n) is 14.1. The molecule has 1 heterocycles. The number of hydrogen-bond acceptors (Lipinski definition) is 2. The Morgan fingerprint density at radius 3 is 2.62 bits per heavy atom. The summed E-state index contributed by atoms with van der Waals surface area (Å²) < 4.78 is 2.05. The summed E-state index contributed by atoms with van der Waals surface area (Å²) in [7, 11) is 0. The summed E-state index contributed by atoms with van der Waals surface area (Å²) in [6, 6.07) is 18.3. The van der Waals surface area contributed by atoms with Gasteiger partial charge >= 0.3 is 0 Å². The molecule has 0 saturated heterocycles. The van der Waals surface area contributed by atoms with E-state index < -0.39 is 0 Å². The topological polar surface area (TPSA) is 38.1 Å². The van der Waals surface area contributed by atoms with Crippen molar-refractivity contribution in [2.24, 2.45) is 0 Å². The van der Waals surface area contributed by atoms with E-state index in [4.69, 9.17) is 0 Å². The molecule has 0 unspecified atom stereocenters. The van der Waals surface area contributed by atoms with Gasteiger partial charge in [-0.15, -0.1) is 0 Å². The van der Waals surface area contributed by atoms with Crippen LogP contribution in [0.4, 0.5) is 0 Å². The van der Waals surface area contributed by atoms with Gasteiger partial charge in [0.2, 0.25) is 5.91 Å². The van der Waals surface area contributed by atoms with Gasteiger partial charge in [-0.3, -0.25) is 4.79 Å². The molecule has 3 aromatic rings. The number of nitrogens with zero attached hydrogens (tertiary/aromatic N) is 3. The lowest BCUT2D eigenvalue weighted by Gasteiger charge is -2.21. The highest BCUT2D eigenvalue weighted by molar-refractivity contribution is 5.77. The van der Waals surface area contributed by atoms with Crippen LogP contribution in [-0.4, -0.2) is 33.4 Å². The van der Waals surface area contributed by atoms with Crippen molar-refractivity contribution in [3.05, 3.63) is 66.5 Å². The summed E-state index contributed by atoms with van der Waals surface area (Å²) >= 11 is 0. The summed E-state index contributed by atoms with van der Waals surface area (Å²) in [5.41, 5.74) is 3.32. The molecule has 0 N–H and O–H groups in total. The Hall–Kier alpha value is -2.62. The highest BCUT2D eigenvalue weighted by Crippen LogP contribution is 2.12. The third kappa shape index (κ3) is 3.82. The number of hydrogen-bond donors (Lipinski definition) is 0. The van der Waals surface area contributed by atoms with Gasteiger partial charge < -0.3 is 9.47 Å². The monoisotopic (exact) mass is 321 g/mol. The van der Waals surface area contributed by atoms with Crippen molar-refractivity contribution in [2.45, 2.75) is 26.3 Å². The smallest absolute Gasteiger partial charge is 0.224 e. The molecule has 0 radical (unpaired) electrons. The Balaban J connectivity index is 1.56. The standard InChI is InChI=1S/C20H23N3O/c1-2-22(14-12-17-8-4-3-5-9-17)20(24)13-15-23-16-21-18-10-6-7-11-19(18)23/h3-11,16H,2,12-15H2,1H3. The van der Waals surface area contributed by atoms with E-state index in [2.05, 4.69) is 21.7 Å². The van der Waals surface area contributed by atoms with Gasteiger partial charge in [0.1, 0.15) is 0 Å². The molecule has 0 saturated carbocycles. The first-order chi connectivity index (χ1) is 11.8. The highest BCUT2D eigenvalue weighted by Gasteiger charge is 2.12. The van der Waals surface area contributed by atoms with Crippen LogP contribution in [0.2, 0.25) is 0 Å². The number of amides is 1. The van der Waals surface area contributed by atoms with E-state index in [0.29, 0.717) is 13.0 Å². The summed E-state index contributed by atoms with van der Waals surface area (Å²) in [4.78, 5) is 18.8. The van der Waals surface area contributed by atoms with Gasteiger partial charge in [-0.2, -0.15) is 0 Å². The van der Waals surface area contributed by atoms with E-state index in [1.165, 1.54) is 5.56 Å². The minimum Gasteiger partial charge on any atom is -0.343 e. The first kappa shape index (κ1) is 16.2. The fourth-order valence-corrected chi connectivity index (χ4v) is 2.93. The fraction of sp³-hybridized carbons (Fsp3) is 0.300. The molecular formula is C20H23N3O. The number of para-hydroxylation sites is 2. The van der Waals surface area contributed by atoms with Crippen LogP contribution in [0.3, 0.4) is 0 Å². The Morgan fingerprint density at radius 2 is 1.83 bits per heavy atom. The number of benzene rings is 2. The molecule has 4 heteroatoms. The Labute approximate surface area is 142 Å². The Morgan fingerprint density at radius 1 is 1.08 bits per heavy atom. The first-order valence-corrected chi connectivity index (χ1v) is 8.49. The molecule has 0 atom stereocenters. The maximum Gasteiger partial charge on any atom is 0.224 e. The normalized spacial score (nSPS) is 10.9. The van der Waals surface area contributed by atoms with Crippen molar-refractivity contribution in [1.82, 2.24) is 14.5 Å². The number of likely N-dealkylation sites (N-methyl/N-ethyl adjacent to an activating group) is 1. The molecule has 2 aromatic carbocycles. The van der Waals surface area contributed by atoms with Gasteiger partial charge in [-0.25, -0.2) is 4.98 Å². The molecule has 0 bridgehead atoms. The number of carbonyl (C=O) groups excluding carboxylic acids is 1. The number of imidazole rings is 1. The van der Waals surface area contributed by atoms with E-state index in [-0.39, 0.29) is 5.91 Å². The van der Waals surface area contributed by atoms with Crippen molar-refractivity contribution >= 4 is 16.9 Å². The van der Waals surface area contributed by atoms with E-state index in [1.807, 2.05) is 60.6 Å². The minimum atomic E-state index is 0.200. The number of fused-ring (bicyclic) bond motifs is 1. The van der Waals surface area contributed by atoms with Crippen molar-refractivity contribution in [3.8, 4) is 0 Å². The molecule has 0 aliphatic carbocycles. The second-order valence-electron chi connectivity index (χ2n) is 5.89. The molecule has 0 fully saturated rings. The largest absolute Gasteiger partial charge is 0.343 e. The average Bonchev–Trinajstić information content (AvgIpc) is 3.04. The van der Waals surface area contributed by atoms with Crippen LogP contribution >= 0.6 is 0 Å². The molecule has 24 heavy (non-hydrogen) atoms.